The van der Waals surface area contributed by atoms with E-state index < -0.39 is 5.82 Å². The summed E-state index contributed by atoms with van der Waals surface area (Å²) in [7, 11) is 0. The summed E-state index contributed by atoms with van der Waals surface area (Å²) in [5, 5.41) is 15.7. The van der Waals surface area contributed by atoms with Gasteiger partial charge in [0.05, 0.1) is 23.5 Å². The van der Waals surface area contributed by atoms with Crippen LogP contribution in [0.25, 0.3) is 11.2 Å². The van der Waals surface area contributed by atoms with Crippen LogP contribution in [0.1, 0.15) is 38.6 Å². The lowest BCUT2D eigenvalue weighted by Crippen LogP contribution is -2.29. The van der Waals surface area contributed by atoms with Crippen molar-refractivity contribution in [3.63, 3.8) is 0 Å². The first-order valence-electron chi connectivity index (χ1n) is 10.6. The summed E-state index contributed by atoms with van der Waals surface area (Å²) in [6.45, 7) is 1.72. The molecule has 0 spiro atoms. The van der Waals surface area contributed by atoms with E-state index in [1.807, 2.05) is 4.57 Å². The van der Waals surface area contributed by atoms with Crippen LogP contribution in [0.4, 0.5) is 22.0 Å². The molecule has 1 amide bonds. The van der Waals surface area contributed by atoms with Crippen molar-refractivity contribution in [1.29, 1.82) is 0 Å². The fraction of sp³-hybridized carbons (Fsp3) is 0.429. The van der Waals surface area contributed by atoms with Gasteiger partial charge in [-0.2, -0.15) is 4.98 Å². The van der Waals surface area contributed by atoms with Gasteiger partial charge < -0.3 is 21.5 Å². The van der Waals surface area contributed by atoms with Crippen LogP contribution in [0.5, 0.6) is 0 Å². The zero-order valence-corrected chi connectivity index (χ0v) is 19.4. The number of rotatable bonds is 7. The first-order chi connectivity index (χ1) is 15.8. The van der Waals surface area contributed by atoms with Crippen molar-refractivity contribution in [3.8, 4) is 0 Å². The summed E-state index contributed by atoms with van der Waals surface area (Å²) in [6.07, 6.45) is 4.17. The molecule has 1 unspecified atom stereocenters. The topological polar surface area (TPSA) is 131 Å². The molecular weight excluding hydrogens is 472 g/mol. The summed E-state index contributed by atoms with van der Waals surface area (Å²) < 4.78 is 16.5. The monoisotopic (exact) mass is 495 g/mol. The van der Waals surface area contributed by atoms with Crippen LogP contribution in [0.15, 0.2) is 18.3 Å². The maximum Gasteiger partial charge on any atom is 0.225 e. The molecule has 33 heavy (non-hydrogen) atoms. The first-order valence-corrected chi connectivity index (χ1v) is 11.4. The molecule has 0 radical (unpaired) electrons. The number of carbonyl (C=O) groups excluding carboxylic acids is 1. The molecule has 0 bridgehead atoms. The minimum atomic E-state index is -0.617. The average molecular weight is 496 g/mol. The van der Waals surface area contributed by atoms with E-state index in [4.69, 9.17) is 28.9 Å². The molecule has 1 aliphatic rings. The smallest absolute Gasteiger partial charge is 0.225 e. The second-order valence-electron chi connectivity index (χ2n) is 8.21. The molecule has 5 N–H and O–H groups in total. The van der Waals surface area contributed by atoms with Crippen LogP contribution in [0.2, 0.25) is 10.0 Å². The van der Waals surface area contributed by atoms with Crippen molar-refractivity contribution < 1.29 is 14.3 Å². The normalized spacial score (nSPS) is 19.4. The molecule has 9 nitrogen and oxygen atoms in total. The number of halogens is 3. The lowest BCUT2D eigenvalue weighted by atomic mass is 9.85. The molecular formula is C21H24Cl2FN7O2. The highest BCUT2D eigenvalue weighted by atomic mass is 35.5. The Morgan fingerprint density at radius 3 is 2.67 bits per heavy atom. The van der Waals surface area contributed by atoms with Gasteiger partial charge >= 0.3 is 0 Å². The van der Waals surface area contributed by atoms with Crippen molar-refractivity contribution in [3.05, 3.63) is 34.2 Å². The van der Waals surface area contributed by atoms with Gasteiger partial charge in [-0.15, -0.1) is 0 Å². The summed E-state index contributed by atoms with van der Waals surface area (Å²) in [4.78, 5) is 25.1. The molecule has 3 aromatic rings. The van der Waals surface area contributed by atoms with Gasteiger partial charge in [0.1, 0.15) is 11.3 Å². The molecule has 4 rings (SSSR count). The predicted molar refractivity (Wildman–Crippen MR) is 125 cm³/mol. The Labute approximate surface area is 199 Å². The quantitative estimate of drug-likeness (QED) is 0.389. The number of hydrogen-bond acceptors (Lipinski definition) is 7. The summed E-state index contributed by atoms with van der Waals surface area (Å²) in [5.74, 6) is -0.415. The first kappa shape index (κ1) is 23.5. The van der Waals surface area contributed by atoms with Crippen molar-refractivity contribution in [1.82, 2.24) is 19.5 Å². The molecule has 2 heterocycles. The van der Waals surface area contributed by atoms with E-state index in [1.54, 1.807) is 13.1 Å². The molecule has 0 saturated heterocycles. The molecule has 0 aliphatic heterocycles. The van der Waals surface area contributed by atoms with Crippen molar-refractivity contribution >= 4 is 57.9 Å². The zero-order valence-electron chi connectivity index (χ0n) is 17.9. The fourth-order valence-electron chi connectivity index (χ4n) is 4.05. The minimum absolute atomic E-state index is 0.0451. The van der Waals surface area contributed by atoms with Crippen LogP contribution in [-0.4, -0.2) is 43.2 Å². The second kappa shape index (κ2) is 9.66. The van der Waals surface area contributed by atoms with Crippen molar-refractivity contribution in [2.75, 3.05) is 17.2 Å². The van der Waals surface area contributed by atoms with Gasteiger partial charge in [0.15, 0.2) is 5.65 Å². The van der Waals surface area contributed by atoms with Gasteiger partial charge in [-0.3, -0.25) is 9.36 Å². The molecule has 12 heteroatoms. The highest BCUT2D eigenvalue weighted by Crippen LogP contribution is 2.38. The number of aromatic nitrogens is 4. The number of nitrogens with one attached hydrogen (secondary N) is 2. The molecule has 1 aromatic carbocycles. The van der Waals surface area contributed by atoms with E-state index in [2.05, 4.69) is 25.6 Å². The third-order valence-electron chi connectivity index (χ3n) is 5.79. The van der Waals surface area contributed by atoms with Gasteiger partial charge in [-0.1, -0.05) is 23.2 Å². The maximum atomic E-state index is 14.6. The Morgan fingerprint density at radius 1 is 1.30 bits per heavy atom. The Morgan fingerprint density at radius 2 is 2.03 bits per heavy atom. The van der Waals surface area contributed by atoms with Gasteiger partial charge in [-0.05, 0) is 44.7 Å². The minimum Gasteiger partial charge on any atom is -0.394 e. The Hall–Kier alpha value is -2.69. The third kappa shape index (κ3) is 4.97. The van der Waals surface area contributed by atoms with E-state index in [0.717, 1.165) is 0 Å². The fourth-order valence-corrected chi connectivity index (χ4v) is 4.57. The second-order valence-corrected chi connectivity index (χ2v) is 9.06. The van der Waals surface area contributed by atoms with E-state index >= 15 is 0 Å². The zero-order chi connectivity index (χ0) is 23.7. The number of nitrogens with two attached hydrogens (primary N) is 1. The van der Waals surface area contributed by atoms with Gasteiger partial charge in [0, 0.05) is 23.0 Å². The average Bonchev–Trinajstić information content (AvgIpc) is 3.13. The van der Waals surface area contributed by atoms with Crippen LogP contribution in [0, 0.1) is 11.7 Å². The Bertz CT molecular complexity index is 1160. The number of anilines is 3. The van der Waals surface area contributed by atoms with Crippen LogP contribution in [0.3, 0.4) is 0 Å². The highest BCUT2D eigenvalue weighted by Gasteiger charge is 2.29. The lowest BCUT2D eigenvalue weighted by molar-refractivity contribution is -0.122. The molecule has 1 aliphatic carbocycles. The van der Waals surface area contributed by atoms with Gasteiger partial charge in [0.2, 0.25) is 17.8 Å². The number of fused-ring (bicyclic) bond motifs is 1. The summed E-state index contributed by atoms with van der Waals surface area (Å²) in [6, 6.07) is 2.31. The molecule has 1 atom stereocenters. The van der Waals surface area contributed by atoms with Crippen LogP contribution >= 0.6 is 23.2 Å². The van der Waals surface area contributed by atoms with Crippen LogP contribution < -0.4 is 16.4 Å². The summed E-state index contributed by atoms with van der Waals surface area (Å²) >= 11 is 12.1. The number of aliphatic hydroxyl groups excluding tert-OH is 1. The van der Waals surface area contributed by atoms with Crippen molar-refractivity contribution in [2.24, 2.45) is 11.7 Å². The molecule has 1 saturated carbocycles. The lowest BCUT2D eigenvalue weighted by Gasteiger charge is -2.29. The highest BCUT2D eigenvalue weighted by molar-refractivity contribution is 6.36. The van der Waals surface area contributed by atoms with Gasteiger partial charge in [-0.25, -0.2) is 14.4 Å². The number of primary amides is 1. The van der Waals surface area contributed by atoms with E-state index in [9.17, 15) is 14.3 Å². The van der Waals surface area contributed by atoms with E-state index in [1.165, 1.54) is 12.1 Å². The summed E-state index contributed by atoms with van der Waals surface area (Å²) in [5.41, 5.74) is 6.57. The van der Waals surface area contributed by atoms with E-state index in [-0.39, 0.29) is 46.2 Å². The molecule has 176 valence electrons. The number of imidazole rings is 1. The number of amides is 1. The number of nitrogens with zero attached hydrogens (tertiary/aromatic N) is 4. The predicted octanol–water partition coefficient (Wildman–Crippen LogP) is 4.03. The van der Waals surface area contributed by atoms with Crippen molar-refractivity contribution in [2.45, 2.75) is 44.7 Å². The number of hydrogen-bond donors (Lipinski definition) is 4. The van der Waals surface area contributed by atoms with Crippen LogP contribution in [-0.2, 0) is 4.79 Å². The maximum absolute atomic E-state index is 14.6. The largest absolute Gasteiger partial charge is 0.394 e. The standard InChI is InChI=1S/C21H24Cl2FN7O2/c1-10(9-32)27-20-26-8-16-19(30-20)31(13-4-2-11(3-5-13)18(25)33)21(28-16)29-17-14(23)6-12(22)7-15(17)24/h6-8,10-11,13,32H,2-5,9H2,1H3,(H2,25,33)(H,28,29)(H,26,27,30). The Kier molecular flexibility index (Phi) is 6.87. The Balaban J connectivity index is 1.77. The number of aliphatic hydroxyl groups is 1. The molecule has 1 fully saturated rings. The number of benzene rings is 1. The number of carbonyl (C=O) groups is 1. The third-order valence-corrected chi connectivity index (χ3v) is 6.31. The van der Waals surface area contributed by atoms with E-state index in [0.29, 0.717) is 48.7 Å². The SMILES string of the molecule is CC(CO)Nc1ncc2nc(Nc3c(F)cc(Cl)cc3Cl)n(C3CCC(C(N)=O)CC3)c2n1. The van der Waals surface area contributed by atoms with Gasteiger partial charge in [0.25, 0.3) is 0 Å². The molecule has 2 aromatic heterocycles.